The normalized spacial score (nSPS) is 52.6. The highest BCUT2D eigenvalue weighted by Crippen LogP contribution is 2.25. The predicted octanol–water partition coefficient (Wildman–Crippen LogP) is -0.808. The molecule has 0 bridgehead atoms. The summed E-state index contributed by atoms with van der Waals surface area (Å²) in [6.45, 7) is 3.40. The molecule has 1 aliphatic heterocycles. The maximum atomic E-state index is 9.46. The summed E-state index contributed by atoms with van der Waals surface area (Å²) >= 11 is 0. The monoisotopic (exact) mass is 161 g/mol. The predicted molar refractivity (Wildman–Crippen MR) is 39.8 cm³/mol. The maximum absolute atomic E-state index is 9.46. The highest BCUT2D eigenvalue weighted by molar-refractivity contribution is 4.94. The second-order valence-corrected chi connectivity index (χ2v) is 3.45. The van der Waals surface area contributed by atoms with Crippen molar-refractivity contribution in [2.24, 2.45) is 5.73 Å². The standard InChI is InChI=1S/C7H15NO3/c1-4-6(10)7(2,8)3-5(9)11-4/h4-6,9-10H,3,8H2,1-2H3/t4-,5?,6-,7+/m0/s1. The minimum atomic E-state index is -0.844. The van der Waals surface area contributed by atoms with Crippen LogP contribution in [0.25, 0.3) is 0 Å². The summed E-state index contributed by atoms with van der Waals surface area (Å²) in [6, 6.07) is 0. The number of rotatable bonds is 0. The molecule has 1 saturated heterocycles. The highest BCUT2D eigenvalue weighted by atomic mass is 16.6. The van der Waals surface area contributed by atoms with Crippen LogP contribution in [0.1, 0.15) is 20.3 Å². The molecule has 1 heterocycles. The third kappa shape index (κ3) is 1.70. The van der Waals surface area contributed by atoms with Crippen molar-refractivity contribution in [3.8, 4) is 0 Å². The molecule has 0 aromatic heterocycles. The van der Waals surface area contributed by atoms with Crippen molar-refractivity contribution >= 4 is 0 Å². The third-order valence-corrected chi connectivity index (χ3v) is 2.11. The van der Waals surface area contributed by atoms with Crippen LogP contribution in [0, 0.1) is 0 Å². The van der Waals surface area contributed by atoms with Crippen LogP contribution in [0.3, 0.4) is 0 Å². The smallest absolute Gasteiger partial charge is 0.156 e. The molecule has 0 spiro atoms. The lowest BCUT2D eigenvalue weighted by Crippen LogP contribution is -2.59. The van der Waals surface area contributed by atoms with E-state index < -0.39 is 24.0 Å². The molecule has 11 heavy (non-hydrogen) atoms. The average Bonchev–Trinajstić information content (AvgIpc) is 1.81. The minimum absolute atomic E-state index is 0.276. The molecular weight excluding hydrogens is 146 g/mol. The summed E-state index contributed by atoms with van der Waals surface area (Å²) in [6.07, 6.45) is -1.67. The fourth-order valence-electron chi connectivity index (χ4n) is 1.40. The number of ether oxygens (including phenoxy) is 1. The fourth-order valence-corrected chi connectivity index (χ4v) is 1.40. The first-order chi connectivity index (χ1) is 4.93. The van der Waals surface area contributed by atoms with Crippen LogP contribution < -0.4 is 5.73 Å². The first-order valence-electron chi connectivity index (χ1n) is 3.74. The first-order valence-corrected chi connectivity index (χ1v) is 3.74. The van der Waals surface area contributed by atoms with Gasteiger partial charge in [-0.25, -0.2) is 0 Å². The van der Waals surface area contributed by atoms with Crippen molar-refractivity contribution in [1.82, 2.24) is 0 Å². The Morgan fingerprint density at radius 1 is 1.55 bits per heavy atom. The van der Waals surface area contributed by atoms with Crippen molar-refractivity contribution in [3.63, 3.8) is 0 Å². The third-order valence-electron chi connectivity index (χ3n) is 2.11. The van der Waals surface area contributed by atoms with Crippen LogP contribution in [-0.2, 0) is 4.74 Å². The first kappa shape index (κ1) is 8.93. The molecule has 1 unspecified atom stereocenters. The van der Waals surface area contributed by atoms with Gasteiger partial charge < -0.3 is 20.7 Å². The molecule has 4 atom stereocenters. The fraction of sp³-hybridized carbons (Fsp3) is 1.00. The van der Waals surface area contributed by atoms with E-state index in [1.807, 2.05) is 0 Å². The average molecular weight is 161 g/mol. The maximum Gasteiger partial charge on any atom is 0.156 e. The highest BCUT2D eigenvalue weighted by Gasteiger charge is 2.40. The Hall–Kier alpha value is -0.160. The van der Waals surface area contributed by atoms with Gasteiger partial charge in [0.1, 0.15) is 0 Å². The molecule has 4 nitrogen and oxygen atoms in total. The lowest BCUT2D eigenvalue weighted by Gasteiger charge is -2.41. The second kappa shape index (κ2) is 2.71. The van der Waals surface area contributed by atoms with Crippen molar-refractivity contribution in [3.05, 3.63) is 0 Å². The Bertz CT molecular complexity index is 149. The van der Waals surface area contributed by atoms with Crippen LogP contribution in [0.15, 0.2) is 0 Å². The molecule has 0 radical (unpaired) electrons. The van der Waals surface area contributed by atoms with E-state index in [0.717, 1.165) is 0 Å². The second-order valence-electron chi connectivity index (χ2n) is 3.45. The van der Waals surface area contributed by atoms with E-state index in [0.29, 0.717) is 0 Å². The van der Waals surface area contributed by atoms with Crippen LogP contribution >= 0.6 is 0 Å². The van der Waals surface area contributed by atoms with Gasteiger partial charge in [0.05, 0.1) is 12.2 Å². The summed E-state index contributed by atoms with van der Waals surface area (Å²) in [5, 5.41) is 18.6. The van der Waals surface area contributed by atoms with E-state index in [-0.39, 0.29) is 6.42 Å². The van der Waals surface area contributed by atoms with E-state index in [1.54, 1.807) is 13.8 Å². The van der Waals surface area contributed by atoms with E-state index in [2.05, 4.69) is 0 Å². The summed E-state index contributed by atoms with van der Waals surface area (Å²) in [4.78, 5) is 0. The molecule has 4 N–H and O–H groups in total. The zero-order valence-electron chi connectivity index (χ0n) is 6.82. The van der Waals surface area contributed by atoms with Crippen LogP contribution in [0.5, 0.6) is 0 Å². The topological polar surface area (TPSA) is 75.7 Å². The Labute approximate surface area is 66.0 Å². The van der Waals surface area contributed by atoms with Gasteiger partial charge in [-0.2, -0.15) is 0 Å². The lowest BCUT2D eigenvalue weighted by atomic mass is 9.86. The van der Waals surface area contributed by atoms with Gasteiger partial charge in [-0.15, -0.1) is 0 Å². The van der Waals surface area contributed by atoms with E-state index in [4.69, 9.17) is 15.6 Å². The quantitative estimate of drug-likeness (QED) is 0.434. The van der Waals surface area contributed by atoms with Gasteiger partial charge in [0, 0.05) is 12.0 Å². The van der Waals surface area contributed by atoms with Crippen LogP contribution in [0.4, 0.5) is 0 Å². The number of hydrogen-bond acceptors (Lipinski definition) is 4. The zero-order valence-corrected chi connectivity index (χ0v) is 6.82. The van der Waals surface area contributed by atoms with E-state index in [9.17, 15) is 5.11 Å². The number of aliphatic hydroxyl groups is 2. The summed E-state index contributed by atoms with van der Waals surface area (Å²) in [5.74, 6) is 0. The molecule has 4 heteroatoms. The molecule has 0 aliphatic carbocycles. The molecule has 66 valence electrons. The zero-order chi connectivity index (χ0) is 8.65. The Morgan fingerprint density at radius 2 is 2.09 bits per heavy atom. The van der Waals surface area contributed by atoms with Gasteiger partial charge in [-0.1, -0.05) is 0 Å². The van der Waals surface area contributed by atoms with Gasteiger partial charge in [0.2, 0.25) is 0 Å². The van der Waals surface area contributed by atoms with Gasteiger partial charge in [-0.05, 0) is 13.8 Å². The van der Waals surface area contributed by atoms with E-state index >= 15 is 0 Å². The van der Waals surface area contributed by atoms with Gasteiger partial charge in [0.25, 0.3) is 0 Å². The minimum Gasteiger partial charge on any atom is -0.389 e. The molecule has 0 aromatic carbocycles. The number of hydrogen-bond donors (Lipinski definition) is 3. The summed E-state index contributed by atoms with van der Waals surface area (Å²) < 4.78 is 4.96. The number of nitrogens with two attached hydrogens (primary N) is 1. The Kier molecular flexibility index (Phi) is 2.20. The van der Waals surface area contributed by atoms with Crippen molar-refractivity contribution in [1.29, 1.82) is 0 Å². The summed E-state index contributed by atoms with van der Waals surface area (Å²) in [5.41, 5.74) is 4.97. The molecule has 1 fully saturated rings. The molecule has 1 rings (SSSR count). The van der Waals surface area contributed by atoms with Crippen molar-refractivity contribution in [2.45, 2.75) is 44.3 Å². The van der Waals surface area contributed by atoms with Gasteiger partial charge >= 0.3 is 0 Å². The molecular formula is C7H15NO3. The molecule has 1 aliphatic rings. The lowest BCUT2D eigenvalue weighted by molar-refractivity contribution is -0.215. The Balaban J connectivity index is 2.67. The molecule has 0 saturated carbocycles. The van der Waals surface area contributed by atoms with Crippen molar-refractivity contribution in [2.75, 3.05) is 0 Å². The number of aliphatic hydroxyl groups excluding tert-OH is 2. The summed E-state index contributed by atoms with van der Waals surface area (Å²) in [7, 11) is 0. The van der Waals surface area contributed by atoms with E-state index in [1.165, 1.54) is 0 Å². The molecule has 0 amide bonds. The SMILES string of the molecule is C[C@@H]1OC(O)C[C@@](C)(N)[C@H]1O. The van der Waals surface area contributed by atoms with Gasteiger partial charge in [-0.3, -0.25) is 0 Å². The Morgan fingerprint density at radius 3 is 2.55 bits per heavy atom. The van der Waals surface area contributed by atoms with Crippen LogP contribution in [-0.4, -0.2) is 34.2 Å². The largest absolute Gasteiger partial charge is 0.389 e. The van der Waals surface area contributed by atoms with Gasteiger partial charge in [0.15, 0.2) is 6.29 Å². The molecule has 0 aromatic rings. The van der Waals surface area contributed by atoms with Crippen LogP contribution in [0.2, 0.25) is 0 Å². The van der Waals surface area contributed by atoms with Crippen molar-refractivity contribution < 1.29 is 14.9 Å².